The number of aromatic nitrogens is 1. The Balaban J connectivity index is 0.000000218. The van der Waals surface area contributed by atoms with E-state index in [1.54, 1.807) is 12.4 Å². The molecule has 19 heavy (non-hydrogen) atoms. The van der Waals surface area contributed by atoms with Crippen molar-refractivity contribution in [1.29, 1.82) is 0 Å². The zero-order valence-electron chi connectivity index (χ0n) is 12.9. The van der Waals surface area contributed by atoms with Crippen LogP contribution in [0.1, 0.15) is 57.9 Å². The quantitative estimate of drug-likeness (QED) is 0.872. The van der Waals surface area contributed by atoms with Crippen LogP contribution in [0.2, 0.25) is 0 Å². The lowest BCUT2D eigenvalue weighted by molar-refractivity contribution is 0.165. The SMILES string of the molecule is CCCC1(CCC)CCNCC1.Cc1ccncc1. The van der Waals surface area contributed by atoms with Gasteiger partial charge in [0, 0.05) is 12.4 Å². The van der Waals surface area contributed by atoms with Gasteiger partial charge in [0.1, 0.15) is 0 Å². The summed E-state index contributed by atoms with van der Waals surface area (Å²) < 4.78 is 0. The third-order valence-electron chi connectivity index (χ3n) is 4.07. The second-order valence-electron chi connectivity index (χ2n) is 5.77. The summed E-state index contributed by atoms with van der Waals surface area (Å²) in [5.41, 5.74) is 1.98. The average Bonchev–Trinajstić information content (AvgIpc) is 2.42. The van der Waals surface area contributed by atoms with Crippen molar-refractivity contribution in [3.63, 3.8) is 0 Å². The molecule has 0 aromatic carbocycles. The first-order chi connectivity index (χ1) is 9.22. The van der Waals surface area contributed by atoms with E-state index in [1.165, 1.54) is 57.2 Å². The second kappa shape index (κ2) is 9.08. The molecule has 0 aliphatic carbocycles. The number of piperidine rings is 1. The third-order valence-corrected chi connectivity index (χ3v) is 4.07. The second-order valence-corrected chi connectivity index (χ2v) is 5.77. The van der Waals surface area contributed by atoms with Gasteiger partial charge in [-0.2, -0.15) is 0 Å². The summed E-state index contributed by atoms with van der Waals surface area (Å²) in [5, 5.41) is 3.46. The van der Waals surface area contributed by atoms with E-state index in [2.05, 4.69) is 24.1 Å². The van der Waals surface area contributed by atoms with Crippen LogP contribution in [0.4, 0.5) is 0 Å². The summed E-state index contributed by atoms with van der Waals surface area (Å²) in [6.07, 6.45) is 12.0. The van der Waals surface area contributed by atoms with Gasteiger partial charge >= 0.3 is 0 Å². The van der Waals surface area contributed by atoms with Crippen LogP contribution < -0.4 is 5.32 Å². The van der Waals surface area contributed by atoms with Crippen molar-refractivity contribution >= 4 is 0 Å². The van der Waals surface area contributed by atoms with Crippen molar-refractivity contribution in [2.24, 2.45) is 5.41 Å². The van der Waals surface area contributed by atoms with Crippen LogP contribution in [0.25, 0.3) is 0 Å². The summed E-state index contributed by atoms with van der Waals surface area (Å²) in [6.45, 7) is 9.18. The van der Waals surface area contributed by atoms with Gasteiger partial charge in [0.15, 0.2) is 0 Å². The van der Waals surface area contributed by atoms with E-state index in [4.69, 9.17) is 0 Å². The molecule has 1 aliphatic heterocycles. The molecule has 2 rings (SSSR count). The maximum Gasteiger partial charge on any atom is 0.0270 e. The molecule has 0 bridgehead atoms. The molecule has 2 heteroatoms. The first-order valence-electron chi connectivity index (χ1n) is 7.80. The highest BCUT2D eigenvalue weighted by atomic mass is 14.9. The summed E-state index contributed by atoms with van der Waals surface area (Å²) in [6, 6.07) is 3.94. The van der Waals surface area contributed by atoms with Crippen LogP contribution in [-0.4, -0.2) is 18.1 Å². The van der Waals surface area contributed by atoms with E-state index in [0.29, 0.717) is 0 Å². The molecule has 0 radical (unpaired) electrons. The van der Waals surface area contributed by atoms with Crippen molar-refractivity contribution in [2.45, 2.75) is 59.3 Å². The van der Waals surface area contributed by atoms with Gasteiger partial charge in [-0.05, 0) is 68.8 Å². The fraction of sp³-hybridized carbons (Fsp3) is 0.706. The van der Waals surface area contributed by atoms with Gasteiger partial charge in [0.2, 0.25) is 0 Å². The molecule has 1 N–H and O–H groups in total. The number of hydrogen-bond acceptors (Lipinski definition) is 2. The summed E-state index contributed by atoms with van der Waals surface area (Å²) >= 11 is 0. The number of hydrogen-bond donors (Lipinski definition) is 1. The average molecular weight is 262 g/mol. The molecule has 2 nitrogen and oxygen atoms in total. The molecule has 0 amide bonds. The van der Waals surface area contributed by atoms with E-state index >= 15 is 0 Å². The molecule has 1 fully saturated rings. The predicted octanol–water partition coefficient (Wildman–Crippen LogP) is 4.35. The van der Waals surface area contributed by atoms with Crippen LogP contribution in [-0.2, 0) is 0 Å². The normalized spacial score (nSPS) is 17.4. The summed E-state index contributed by atoms with van der Waals surface area (Å²) in [7, 11) is 0. The van der Waals surface area contributed by atoms with E-state index in [1.807, 2.05) is 19.1 Å². The molecule has 0 saturated carbocycles. The van der Waals surface area contributed by atoms with Gasteiger partial charge < -0.3 is 5.32 Å². The first-order valence-corrected chi connectivity index (χ1v) is 7.80. The zero-order valence-corrected chi connectivity index (χ0v) is 12.9. The number of aryl methyl sites for hydroxylation is 1. The van der Waals surface area contributed by atoms with E-state index in [0.717, 1.165) is 5.41 Å². The molecular formula is C17H30N2. The summed E-state index contributed by atoms with van der Waals surface area (Å²) in [5.74, 6) is 0. The maximum absolute atomic E-state index is 3.85. The Bertz CT molecular complexity index is 300. The Kier molecular flexibility index (Phi) is 7.73. The molecule has 0 spiro atoms. The topological polar surface area (TPSA) is 24.9 Å². The first kappa shape index (κ1) is 16.2. The minimum Gasteiger partial charge on any atom is -0.317 e. The molecule has 108 valence electrons. The number of rotatable bonds is 4. The highest BCUT2D eigenvalue weighted by molar-refractivity contribution is 5.05. The van der Waals surface area contributed by atoms with Gasteiger partial charge in [0.25, 0.3) is 0 Å². The fourth-order valence-electron chi connectivity index (χ4n) is 3.07. The monoisotopic (exact) mass is 262 g/mol. The smallest absolute Gasteiger partial charge is 0.0270 e. The van der Waals surface area contributed by atoms with E-state index in [-0.39, 0.29) is 0 Å². The number of pyridine rings is 1. The van der Waals surface area contributed by atoms with Crippen molar-refractivity contribution in [2.75, 3.05) is 13.1 Å². The molecule has 1 aromatic rings. The van der Waals surface area contributed by atoms with Gasteiger partial charge in [-0.3, -0.25) is 4.98 Å². The predicted molar refractivity (Wildman–Crippen MR) is 83.3 cm³/mol. The fourth-order valence-corrected chi connectivity index (χ4v) is 3.07. The van der Waals surface area contributed by atoms with Gasteiger partial charge in [-0.1, -0.05) is 26.7 Å². The van der Waals surface area contributed by atoms with Crippen LogP contribution in [0, 0.1) is 12.3 Å². The van der Waals surface area contributed by atoms with Crippen molar-refractivity contribution in [3.05, 3.63) is 30.1 Å². The Hall–Kier alpha value is -0.890. The molecule has 2 heterocycles. The Morgan fingerprint density at radius 3 is 1.95 bits per heavy atom. The Morgan fingerprint density at radius 2 is 1.58 bits per heavy atom. The molecule has 1 saturated heterocycles. The lowest BCUT2D eigenvalue weighted by atomic mass is 9.72. The molecule has 0 unspecified atom stereocenters. The maximum atomic E-state index is 3.85. The molecular weight excluding hydrogens is 232 g/mol. The van der Waals surface area contributed by atoms with Crippen LogP contribution >= 0.6 is 0 Å². The van der Waals surface area contributed by atoms with E-state index < -0.39 is 0 Å². The molecule has 1 aliphatic rings. The standard InChI is InChI=1S/C11H23N.C6H7N/c1-3-5-11(6-4-2)7-9-12-10-8-11;1-6-2-4-7-5-3-6/h12H,3-10H2,1-2H3;2-5H,1H3. The Labute approximate surface area is 119 Å². The van der Waals surface area contributed by atoms with E-state index in [9.17, 15) is 0 Å². The largest absolute Gasteiger partial charge is 0.317 e. The minimum atomic E-state index is 0.717. The molecule has 0 atom stereocenters. The highest BCUT2D eigenvalue weighted by Gasteiger charge is 2.29. The number of nitrogens with one attached hydrogen (secondary N) is 1. The van der Waals surface area contributed by atoms with Crippen LogP contribution in [0.15, 0.2) is 24.5 Å². The lowest BCUT2D eigenvalue weighted by Gasteiger charge is -2.37. The molecule has 1 aromatic heterocycles. The van der Waals surface area contributed by atoms with Crippen LogP contribution in [0.3, 0.4) is 0 Å². The van der Waals surface area contributed by atoms with Crippen molar-refractivity contribution in [3.8, 4) is 0 Å². The lowest BCUT2D eigenvalue weighted by Crippen LogP contribution is -2.36. The van der Waals surface area contributed by atoms with Gasteiger partial charge in [0.05, 0.1) is 0 Å². The van der Waals surface area contributed by atoms with Gasteiger partial charge in [-0.15, -0.1) is 0 Å². The van der Waals surface area contributed by atoms with Crippen LogP contribution in [0.5, 0.6) is 0 Å². The highest BCUT2D eigenvalue weighted by Crippen LogP contribution is 2.38. The minimum absolute atomic E-state index is 0.717. The summed E-state index contributed by atoms with van der Waals surface area (Å²) in [4.78, 5) is 3.85. The van der Waals surface area contributed by atoms with Crippen molar-refractivity contribution in [1.82, 2.24) is 10.3 Å². The Morgan fingerprint density at radius 1 is 1.05 bits per heavy atom. The number of nitrogens with zero attached hydrogens (tertiary/aromatic N) is 1. The van der Waals surface area contributed by atoms with Gasteiger partial charge in [-0.25, -0.2) is 0 Å². The zero-order chi connectivity index (χ0) is 14.0. The van der Waals surface area contributed by atoms with Crippen molar-refractivity contribution < 1.29 is 0 Å². The third kappa shape index (κ3) is 6.20.